The second-order valence-corrected chi connectivity index (χ2v) is 7.70. The minimum absolute atomic E-state index is 0. The van der Waals surface area contributed by atoms with Crippen molar-refractivity contribution in [2.75, 3.05) is 13.1 Å². The lowest BCUT2D eigenvalue weighted by molar-refractivity contribution is -0.142. The van der Waals surface area contributed by atoms with Crippen molar-refractivity contribution in [3.8, 4) is 0 Å². The van der Waals surface area contributed by atoms with E-state index in [0.717, 1.165) is 17.9 Å². The van der Waals surface area contributed by atoms with Gasteiger partial charge in [-0.05, 0) is 33.6 Å². The Labute approximate surface area is 153 Å². The number of fused-ring (bicyclic) bond motifs is 1. The quantitative estimate of drug-likeness (QED) is 0.863. The van der Waals surface area contributed by atoms with Gasteiger partial charge in [-0.25, -0.2) is 9.78 Å². The van der Waals surface area contributed by atoms with Crippen LogP contribution in [0.15, 0.2) is 6.20 Å². The summed E-state index contributed by atoms with van der Waals surface area (Å²) in [5.74, 6) is 0.109. The van der Waals surface area contributed by atoms with E-state index in [1.807, 2.05) is 20.8 Å². The van der Waals surface area contributed by atoms with E-state index in [2.05, 4.69) is 9.55 Å². The van der Waals surface area contributed by atoms with Crippen LogP contribution in [0.1, 0.15) is 51.0 Å². The lowest BCUT2D eigenvalue weighted by Crippen LogP contribution is -2.35. The molecule has 1 saturated heterocycles. The zero-order valence-electron chi connectivity index (χ0n) is 14.9. The molecule has 1 aromatic rings. The smallest absolute Gasteiger partial charge is 0.410 e. The number of halogens is 1. The minimum atomic E-state index is -0.735. The van der Waals surface area contributed by atoms with Crippen LogP contribution in [0.4, 0.5) is 4.79 Å². The number of hydrogen-bond donors (Lipinski definition) is 1. The highest BCUT2D eigenvalue weighted by Crippen LogP contribution is 2.31. The number of rotatable bonds is 2. The van der Waals surface area contributed by atoms with Crippen molar-refractivity contribution in [3.63, 3.8) is 0 Å². The Balaban J connectivity index is 0.00000225. The SMILES string of the molecule is CC(C)(C)OC(=O)N1CCC(c2ncc3n2CCC(C(=O)O)C3)C1.Cl. The van der Waals surface area contributed by atoms with Gasteiger partial charge in [0.25, 0.3) is 0 Å². The molecule has 1 aromatic heterocycles. The summed E-state index contributed by atoms with van der Waals surface area (Å²) in [4.78, 5) is 29.6. The standard InChI is InChI=1S/C17H25N3O4.ClH/c1-17(2,3)24-16(23)19-6-4-12(10-19)14-18-9-13-8-11(15(21)22)5-7-20(13)14;/h9,11-12H,4-8,10H2,1-3H3,(H,21,22);1H. The van der Waals surface area contributed by atoms with Crippen LogP contribution >= 0.6 is 12.4 Å². The number of aromatic nitrogens is 2. The zero-order chi connectivity index (χ0) is 17.5. The van der Waals surface area contributed by atoms with Crippen LogP contribution in [0.3, 0.4) is 0 Å². The molecule has 1 amide bonds. The van der Waals surface area contributed by atoms with Crippen molar-refractivity contribution in [1.29, 1.82) is 0 Å². The first-order valence-corrected chi connectivity index (χ1v) is 8.49. The summed E-state index contributed by atoms with van der Waals surface area (Å²) in [6, 6.07) is 0. The van der Waals surface area contributed by atoms with E-state index in [1.165, 1.54) is 0 Å². The van der Waals surface area contributed by atoms with Crippen molar-refractivity contribution in [1.82, 2.24) is 14.5 Å². The van der Waals surface area contributed by atoms with Crippen LogP contribution in [0.2, 0.25) is 0 Å². The molecule has 1 fully saturated rings. The third-order valence-electron chi connectivity index (χ3n) is 4.68. The molecular weight excluding hydrogens is 346 g/mol. The fourth-order valence-corrected chi connectivity index (χ4v) is 3.49. The van der Waals surface area contributed by atoms with Gasteiger partial charge in [-0.15, -0.1) is 12.4 Å². The monoisotopic (exact) mass is 371 g/mol. The summed E-state index contributed by atoms with van der Waals surface area (Å²) >= 11 is 0. The molecule has 0 saturated carbocycles. The van der Waals surface area contributed by atoms with Crippen molar-refractivity contribution in [3.05, 3.63) is 17.7 Å². The highest BCUT2D eigenvalue weighted by molar-refractivity contribution is 5.85. The fourth-order valence-electron chi connectivity index (χ4n) is 3.49. The normalized spacial score (nSPS) is 22.9. The number of hydrogen-bond acceptors (Lipinski definition) is 4. The molecule has 0 bridgehead atoms. The first-order valence-electron chi connectivity index (χ1n) is 8.49. The summed E-state index contributed by atoms with van der Waals surface area (Å²) in [5.41, 5.74) is 0.493. The third-order valence-corrected chi connectivity index (χ3v) is 4.68. The van der Waals surface area contributed by atoms with Crippen molar-refractivity contribution < 1.29 is 19.4 Å². The molecule has 2 aliphatic heterocycles. The second-order valence-electron chi connectivity index (χ2n) is 7.70. The number of carbonyl (C=O) groups is 2. The van der Waals surface area contributed by atoms with Gasteiger partial charge >= 0.3 is 12.1 Å². The molecule has 0 radical (unpaired) electrons. The van der Waals surface area contributed by atoms with Crippen LogP contribution in [-0.2, 0) is 22.5 Å². The van der Waals surface area contributed by atoms with Crippen molar-refractivity contribution in [2.24, 2.45) is 5.92 Å². The van der Waals surface area contributed by atoms with Crippen molar-refractivity contribution in [2.45, 2.75) is 58.1 Å². The molecule has 140 valence electrons. The number of carboxylic acid groups (broad SMARTS) is 1. The molecule has 2 unspecified atom stereocenters. The van der Waals surface area contributed by atoms with Gasteiger partial charge < -0.3 is 19.3 Å². The summed E-state index contributed by atoms with van der Waals surface area (Å²) in [6.45, 7) is 7.55. The number of imidazole rings is 1. The number of amides is 1. The molecule has 1 N–H and O–H groups in total. The molecule has 3 heterocycles. The fraction of sp³-hybridized carbons (Fsp3) is 0.706. The highest BCUT2D eigenvalue weighted by atomic mass is 35.5. The number of aliphatic carboxylic acids is 1. The maximum atomic E-state index is 12.2. The van der Waals surface area contributed by atoms with Gasteiger partial charge in [0.05, 0.1) is 5.92 Å². The Hall–Kier alpha value is -1.76. The molecule has 0 aliphatic carbocycles. The van der Waals surface area contributed by atoms with E-state index in [4.69, 9.17) is 4.74 Å². The molecule has 2 atom stereocenters. The Kier molecular flexibility index (Phi) is 5.66. The summed E-state index contributed by atoms with van der Waals surface area (Å²) in [5, 5.41) is 9.18. The maximum Gasteiger partial charge on any atom is 0.410 e. The molecule has 25 heavy (non-hydrogen) atoms. The summed E-state index contributed by atoms with van der Waals surface area (Å²) in [6.07, 6.45) is 3.54. The van der Waals surface area contributed by atoms with Gasteiger partial charge in [-0.3, -0.25) is 4.79 Å². The van der Waals surface area contributed by atoms with Crippen LogP contribution in [-0.4, -0.2) is 50.3 Å². The lowest BCUT2D eigenvalue weighted by atomic mass is 9.96. The molecular formula is C17H26ClN3O4. The number of ether oxygens (including phenoxy) is 1. The maximum absolute atomic E-state index is 12.2. The second kappa shape index (κ2) is 7.23. The predicted octanol–water partition coefficient (Wildman–Crippen LogP) is 2.68. The average Bonchev–Trinajstić information content (AvgIpc) is 3.11. The Morgan fingerprint density at radius 2 is 2.00 bits per heavy atom. The van der Waals surface area contributed by atoms with Crippen LogP contribution in [0.25, 0.3) is 0 Å². The molecule has 0 spiro atoms. The minimum Gasteiger partial charge on any atom is -0.481 e. The Morgan fingerprint density at radius 3 is 2.64 bits per heavy atom. The molecule has 2 aliphatic rings. The first-order chi connectivity index (χ1) is 11.2. The molecule has 0 aromatic carbocycles. The van der Waals surface area contributed by atoms with Gasteiger partial charge in [0, 0.05) is 43.9 Å². The number of carboxylic acids is 1. The number of carbonyl (C=O) groups excluding carboxylic acids is 1. The summed E-state index contributed by atoms with van der Waals surface area (Å²) in [7, 11) is 0. The van der Waals surface area contributed by atoms with Crippen LogP contribution in [0, 0.1) is 5.92 Å². The van der Waals surface area contributed by atoms with E-state index in [-0.39, 0.29) is 30.3 Å². The average molecular weight is 372 g/mol. The van der Waals surface area contributed by atoms with E-state index in [0.29, 0.717) is 32.5 Å². The molecule has 7 nitrogen and oxygen atoms in total. The lowest BCUT2D eigenvalue weighted by Gasteiger charge is -2.25. The zero-order valence-corrected chi connectivity index (χ0v) is 15.7. The largest absolute Gasteiger partial charge is 0.481 e. The number of nitrogens with zero attached hydrogens (tertiary/aromatic N) is 3. The number of likely N-dealkylation sites (tertiary alicyclic amines) is 1. The van der Waals surface area contributed by atoms with Crippen LogP contribution < -0.4 is 0 Å². The predicted molar refractivity (Wildman–Crippen MR) is 94.1 cm³/mol. The topological polar surface area (TPSA) is 84.7 Å². The molecule has 3 rings (SSSR count). The van der Waals surface area contributed by atoms with Gasteiger partial charge in [-0.2, -0.15) is 0 Å². The molecule has 8 heteroatoms. The van der Waals surface area contributed by atoms with Gasteiger partial charge in [-0.1, -0.05) is 0 Å². The Bertz CT molecular complexity index is 653. The van der Waals surface area contributed by atoms with E-state index >= 15 is 0 Å². The highest BCUT2D eigenvalue weighted by Gasteiger charge is 2.34. The van der Waals surface area contributed by atoms with E-state index < -0.39 is 11.6 Å². The third kappa shape index (κ3) is 4.26. The van der Waals surface area contributed by atoms with Gasteiger partial charge in [0.2, 0.25) is 0 Å². The van der Waals surface area contributed by atoms with Gasteiger partial charge in [0.15, 0.2) is 0 Å². The summed E-state index contributed by atoms with van der Waals surface area (Å²) < 4.78 is 7.58. The van der Waals surface area contributed by atoms with E-state index in [1.54, 1.807) is 11.1 Å². The first kappa shape index (κ1) is 19.6. The van der Waals surface area contributed by atoms with Crippen molar-refractivity contribution >= 4 is 24.5 Å². The van der Waals surface area contributed by atoms with Crippen LogP contribution in [0.5, 0.6) is 0 Å². The Morgan fingerprint density at radius 1 is 1.28 bits per heavy atom. The van der Waals surface area contributed by atoms with Gasteiger partial charge in [0.1, 0.15) is 11.4 Å². The van der Waals surface area contributed by atoms with E-state index in [9.17, 15) is 14.7 Å².